The average Bonchev–Trinajstić information content (AvgIpc) is 3.55. The molecule has 3 heterocycles. The van der Waals surface area contributed by atoms with E-state index in [1.807, 2.05) is 29.5 Å². The van der Waals surface area contributed by atoms with E-state index in [0.29, 0.717) is 10.6 Å². The molecule has 0 amide bonds. The summed E-state index contributed by atoms with van der Waals surface area (Å²) in [6.07, 6.45) is 1.59. The van der Waals surface area contributed by atoms with E-state index in [9.17, 15) is 0 Å². The molecule has 3 aromatic heterocycles. The zero-order valence-electron chi connectivity index (χ0n) is 20.6. The lowest BCUT2D eigenvalue weighted by atomic mass is 9.96. The molecule has 184 valence electrons. The van der Waals surface area contributed by atoms with Crippen molar-refractivity contribution in [1.82, 2.24) is 9.97 Å². The van der Waals surface area contributed by atoms with Gasteiger partial charge in [0.25, 0.3) is 0 Å². The first-order valence-corrected chi connectivity index (χ1v) is 13.9. The predicted molar refractivity (Wildman–Crippen MR) is 164 cm³/mol. The van der Waals surface area contributed by atoms with E-state index in [0.717, 1.165) is 38.9 Å². The van der Waals surface area contributed by atoms with Crippen molar-refractivity contribution < 1.29 is 4.42 Å². The molecule has 0 aliphatic heterocycles. The van der Waals surface area contributed by atoms with E-state index in [1.165, 1.54) is 31.3 Å². The summed E-state index contributed by atoms with van der Waals surface area (Å²) >= 11 is 8.10. The standard InChI is InChI=1S/C34H19ClN2OS/c35-24-14-15-29-28(18-24)32-33(38-29)31(36-19-37-32)23-9-4-7-21(17-23)20-6-3-8-22(16-20)25-11-5-12-27-26-10-1-2-13-30(26)39-34(25)27/h1-19H. The topological polar surface area (TPSA) is 38.9 Å². The molecular formula is C34H19ClN2OS. The van der Waals surface area contributed by atoms with Gasteiger partial charge in [0.05, 0.1) is 0 Å². The maximum atomic E-state index is 6.25. The summed E-state index contributed by atoms with van der Waals surface area (Å²) in [6.45, 7) is 0. The van der Waals surface area contributed by atoms with E-state index in [4.69, 9.17) is 16.0 Å². The van der Waals surface area contributed by atoms with Crippen molar-refractivity contribution >= 4 is 65.2 Å². The fraction of sp³-hybridized carbons (Fsp3) is 0. The van der Waals surface area contributed by atoms with Crippen LogP contribution in [0.5, 0.6) is 0 Å². The summed E-state index contributed by atoms with van der Waals surface area (Å²) in [5, 5.41) is 4.16. The quantitative estimate of drug-likeness (QED) is 0.224. The van der Waals surface area contributed by atoms with Crippen molar-refractivity contribution in [2.75, 3.05) is 0 Å². The molecule has 8 rings (SSSR count). The Balaban J connectivity index is 1.25. The van der Waals surface area contributed by atoms with Crippen molar-refractivity contribution in [1.29, 1.82) is 0 Å². The maximum Gasteiger partial charge on any atom is 0.180 e. The van der Waals surface area contributed by atoms with Crippen LogP contribution in [0.15, 0.2) is 120 Å². The van der Waals surface area contributed by atoms with Crippen molar-refractivity contribution in [3.8, 4) is 33.5 Å². The molecule has 0 atom stereocenters. The van der Waals surface area contributed by atoms with Crippen molar-refractivity contribution in [3.05, 3.63) is 121 Å². The number of halogens is 1. The van der Waals surface area contributed by atoms with Gasteiger partial charge in [-0.1, -0.05) is 84.4 Å². The molecule has 0 saturated carbocycles. The van der Waals surface area contributed by atoms with Crippen LogP contribution in [0.25, 0.3) is 75.8 Å². The monoisotopic (exact) mass is 538 g/mol. The number of hydrogen-bond acceptors (Lipinski definition) is 4. The van der Waals surface area contributed by atoms with Gasteiger partial charge in [0.15, 0.2) is 5.58 Å². The van der Waals surface area contributed by atoms with Crippen LogP contribution in [-0.4, -0.2) is 9.97 Å². The first-order chi connectivity index (χ1) is 19.2. The number of benzene rings is 5. The van der Waals surface area contributed by atoms with E-state index >= 15 is 0 Å². The summed E-state index contributed by atoms with van der Waals surface area (Å²) in [4.78, 5) is 9.11. The van der Waals surface area contributed by atoms with Gasteiger partial charge in [-0.3, -0.25) is 0 Å². The largest absolute Gasteiger partial charge is 0.452 e. The second kappa shape index (κ2) is 8.77. The van der Waals surface area contributed by atoms with Gasteiger partial charge in [-0.2, -0.15) is 0 Å². The summed E-state index contributed by atoms with van der Waals surface area (Å²) in [5.74, 6) is 0. The highest BCUT2D eigenvalue weighted by Crippen LogP contribution is 2.41. The van der Waals surface area contributed by atoms with Crippen LogP contribution in [0.3, 0.4) is 0 Å². The Morgan fingerprint density at radius 2 is 1.36 bits per heavy atom. The summed E-state index contributed by atoms with van der Waals surface area (Å²) in [5.41, 5.74) is 8.63. The van der Waals surface area contributed by atoms with Crippen LogP contribution in [0, 0.1) is 0 Å². The highest BCUT2D eigenvalue weighted by Gasteiger charge is 2.16. The molecule has 0 spiro atoms. The lowest BCUT2D eigenvalue weighted by molar-refractivity contribution is 0.667. The number of aromatic nitrogens is 2. The lowest BCUT2D eigenvalue weighted by Crippen LogP contribution is -1.88. The fourth-order valence-corrected chi connectivity index (χ4v) is 6.85. The molecule has 0 radical (unpaired) electrons. The molecule has 5 aromatic carbocycles. The summed E-state index contributed by atoms with van der Waals surface area (Å²) in [7, 11) is 0. The Kier molecular flexibility index (Phi) is 5.05. The molecule has 0 bridgehead atoms. The van der Waals surface area contributed by atoms with Crippen LogP contribution >= 0.6 is 22.9 Å². The second-order valence-corrected chi connectivity index (χ2v) is 11.1. The van der Waals surface area contributed by atoms with Gasteiger partial charge < -0.3 is 4.42 Å². The van der Waals surface area contributed by atoms with Crippen molar-refractivity contribution in [2.24, 2.45) is 0 Å². The Hall–Kier alpha value is -4.51. The molecule has 39 heavy (non-hydrogen) atoms. The Morgan fingerprint density at radius 1 is 0.615 bits per heavy atom. The predicted octanol–water partition coefficient (Wildman–Crippen LogP) is 10.4. The first-order valence-electron chi connectivity index (χ1n) is 12.7. The second-order valence-electron chi connectivity index (χ2n) is 9.58. The van der Waals surface area contributed by atoms with Gasteiger partial charge in [-0.25, -0.2) is 9.97 Å². The number of furan rings is 1. The zero-order valence-corrected chi connectivity index (χ0v) is 22.1. The lowest BCUT2D eigenvalue weighted by Gasteiger charge is -2.09. The fourth-order valence-electron chi connectivity index (χ4n) is 5.44. The summed E-state index contributed by atoms with van der Waals surface area (Å²) in [6, 6.07) is 38.0. The normalized spacial score (nSPS) is 11.7. The number of hydrogen-bond donors (Lipinski definition) is 0. The third-order valence-corrected chi connectivity index (χ3v) is 8.71. The number of nitrogens with zero attached hydrogens (tertiary/aromatic N) is 2. The van der Waals surface area contributed by atoms with E-state index in [2.05, 4.69) is 101 Å². The zero-order chi connectivity index (χ0) is 25.9. The molecule has 0 fully saturated rings. The van der Waals surface area contributed by atoms with Crippen LogP contribution in [-0.2, 0) is 0 Å². The minimum Gasteiger partial charge on any atom is -0.452 e. The number of fused-ring (bicyclic) bond motifs is 6. The molecule has 0 N–H and O–H groups in total. The first kappa shape index (κ1) is 22.5. The van der Waals surface area contributed by atoms with Crippen LogP contribution in [0.1, 0.15) is 0 Å². The number of thiophene rings is 1. The highest BCUT2D eigenvalue weighted by atomic mass is 35.5. The van der Waals surface area contributed by atoms with Gasteiger partial charge in [-0.05, 0) is 58.7 Å². The van der Waals surface area contributed by atoms with Crippen molar-refractivity contribution in [3.63, 3.8) is 0 Å². The van der Waals surface area contributed by atoms with E-state index in [1.54, 1.807) is 6.33 Å². The minimum atomic E-state index is 0.651. The molecule has 5 heteroatoms. The van der Waals surface area contributed by atoms with E-state index < -0.39 is 0 Å². The van der Waals surface area contributed by atoms with Gasteiger partial charge in [0, 0.05) is 36.1 Å². The molecule has 8 aromatic rings. The molecule has 0 aliphatic carbocycles. The number of rotatable bonds is 3. The van der Waals surface area contributed by atoms with E-state index in [-0.39, 0.29) is 0 Å². The third kappa shape index (κ3) is 3.64. The third-order valence-electron chi connectivity index (χ3n) is 7.26. The van der Waals surface area contributed by atoms with Gasteiger partial charge in [-0.15, -0.1) is 11.3 Å². The molecule has 0 unspecified atom stereocenters. The Labute approximate surface area is 233 Å². The minimum absolute atomic E-state index is 0.651. The van der Waals surface area contributed by atoms with Gasteiger partial charge >= 0.3 is 0 Å². The summed E-state index contributed by atoms with van der Waals surface area (Å²) < 4.78 is 8.83. The maximum absolute atomic E-state index is 6.25. The molecule has 0 aliphatic rings. The van der Waals surface area contributed by atoms with Crippen molar-refractivity contribution in [2.45, 2.75) is 0 Å². The molecule has 0 saturated heterocycles. The molecular weight excluding hydrogens is 520 g/mol. The average molecular weight is 539 g/mol. The smallest absolute Gasteiger partial charge is 0.180 e. The molecule has 3 nitrogen and oxygen atoms in total. The highest BCUT2D eigenvalue weighted by molar-refractivity contribution is 7.26. The Bertz CT molecular complexity index is 2210. The Morgan fingerprint density at radius 3 is 2.26 bits per heavy atom. The van der Waals surface area contributed by atoms with Gasteiger partial charge in [0.2, 0.25) is 0 Å². The van der Waals surface area contributed by atoms with Gasteiger partial charge in [0.1, 0.15) is 23.1 Å². The van der Waals surface area contributed by atoms with Crippen LogP contribution < -0.4 is 0 Å². The SMILES string of the molecule is Clc1ccc2oc3c(-c4cccc(-c5cccc(-c6cccc7c6sc6ccccc67)c5)c4)ncnc3c2c1. The van der Waals surface area contributed by atoms with Crippen LogP contribution in [0.2, 0.25) is 5.02 Å². The van der Waals surface area contributed by atoms with Crippen LogP contribution in [0.4, 0.5) is 0 Å².